The zero-order valence-corrected chi connectivity index (χ0v) is 13.0. The van der Waals surface area contributed by atoms with Crippen LogP contribution in [0.15, 0.2) is 24.3 Å². The van der Waals surface area contributed by atoms with Crippen molar-refractivity contribution in [3.8, 4) is 11.8 Å². The van der Waals surface area contributed by atoms with Gasteiger partial charge in [-0.1, -0.05) is 29.3 Å². The molecule has 0 saturated carbocycles. The van der Waals surface area contributed by atoms with Gasteiger partial charge >= 0.3 is 0 Å². The van der Waals surface area contributed by atoms with E-state index in [1.54, 1.807) is 31.2 Å². The zero-order chi connectivity index (χ0) is 15.7. The third-order valence-electron chi connectivity index (χ3n) is 3.39. The minimum absolute atomic E-state index is 0.405. The average Bonchev–Trinajstić information content (AvgIpc) is 2.75. The number of hydrogen-bond acceptors (Lipinski definition) is 3. The van der Waals surface area contributed by atoms with Crippen molar-refractivity contribution in [3.05, 3.63) is 51.3 Å². The SMILES string of the molecule is Cc1cc(C(O)C(O)C#N)c(C)n1-c1cccc(Cl)c1Cl. The Bertz CT molecular complexity index is 719. The van der Waals surface area contributed by atoms with E-state index in [2.05, 4.69) is 0 Å². The van der Waals surface area contributed by atoms with Gasteiger partial charge in [0.15, 0.2) is 6.10 Å². The number of benzene rings is 1. The fourth-order valence-corrected chi connectivity index (χ4v) is 2.74. The van der Waals surface area contributed by atoms with Gasteiger partial charge in [-0.25, -0.2) is 0 Å². The maximum Gasteiger partial charge on any atom is 0.170 e. The normalized spacial score (nSPS) is 13.8. The number of aryl methyl sites for hydroxylation is 1. The number of nitrogens with zero attached hydrogens (tertiary/aromatic N) is 2. The molecule has 0 spiro atoms. The van der Waals surface area contributed by atoms with Gasteiger partial charge < -0.3 is 14.8 Å². The Balaban J connectivity index is 2.60. The summed E-state index contributed by atoms with van der Waals surface area (Å²) in [5, 5.41) is 29.1. The lowest BCUT2D eigenvalue weighted by molar-refractivity contribution is 0.0524. The van der Waals surface area contributed by atoms with Crippen LogP contribution in [0.25, 0.3) is 5.69 Å². The van der Waals surface area contributed by atoms with Crippen LogP contribution in [0, 0.1) is 25.2 Å². The van der Waals surface area contributed by atoms with Crippen molar-refractivity contribution in [1.82, 2.24) is 4.57 Å². The molecule has 0 bridgehead atoms. The monoisotopic (exact) mass is 324 g/mol. The van der Waals surface area contributed by atoms with Gasteiger partial charge in [0, 0.05) is 17.0 Å². The molecule has 0 saturated heterocycles. The van der Waals surface area contributed by atoms with Crippen LogP contribution in [-0.4, -0.2) is 20.9 Å². The lowest BCUT2D eigenvalue weighted by Crippen LogP contribution is -2.16. The molecule has 1 heterocycles. The van der Waals surface area contributed by atoms with Crippen LogP contribution in [0.5, 0.6) is 0 Å². The van der Waals surface area contributed by atoms with Gasteiger partial charge in [0.05, 0.1) is 21.8 Å². The average molecular weight is 325 g/mol. The molecule has 0 amide bonds. The molecule has 2 atom stereocenters. The highest BCUT2D eigenvalue weighted by Gasteiger charge is 2.24. The number of halogens is 2. The lowest BCUT2D eigenvalue weighted by Gasteiger charge is -2.15. The Kier molecular flexibility index (Phi) is 4.60. The Labute approximate surface area is 132 Å². The highest BCUT2D eigenvalue weighted by molar-refractivity contribution is 6.43. The first-order valence-electron chi connectivity index (χ1n) is 6.27. The molecular weight excluding hydrogens is 311 g/mol. The Morgan fingerprint density at radius 1 is 1.24 bits per heavy atom. The minimum atomic E-state index is -1.48. The number of hydrogen-bond donors (Lipinski definition) is 2. The molecule has 110 valence electrons. The van der Waals surface area contributed by atoms with Gasteiger partial charge in [-0.2, -0.15) is 5.26 Å². The minimum Gasteiger partial charge on any atom is -0.384 e. The summed E-state index contributed by atoms with van der Waals surface area (Å²) in [7, 11) is 0. The van der Waals surface area contributed by atoms with Crippen molar-refractivity contribution in [2.45, 2.75) is 26.1 Å². The molecule has 0 radical (unpaired) electrons. The second-order valence-corrected chi connectivity index (χ2v) is 5.54. The summed E-state index contributed by atoms with van der Waals surface area (Å²) in [5.41, 5.74) is 2.68. The van der Waals surface area contributed by atoms with Gasteiger partial charge in [0.1, 0.15) is 6.10 Å². The fraction of sp³-hybridized carbons (Fsp3) is 0.267. The van der Waals surface area contributed by atoms with Crippen LogP contribution in [-0.2, 0) is 0 Å². The van der Waals surface area contributed by atoms with E-state index in [-0.39, 0.29) is 0 Å². The van der Waals surface area contributed by atoms with E-state index in [4.69, 9.17) is 28.5 Å². The number of aliphatic hydroxyl groups is 2. The molecule has 21 heavy (non-hydrogen) atoms. The van der Waals surface area contributed by atoms with E-state index in [1.807, 2.05) is 17.6 Å². The maximum atomic E-state index is 10.0. The van der Waals surface area contributed by atoms with E-state index in [0.29, 0.717) is 27.0 Å². The topological polar surface area (TPSA) is 69.2 Å². The van der Waals surface area contributed by atoms with Crippen LogP contribution in [0.2, 0.25) is 10.0 Å². The molecule has 2 N–H and O–H groups in total. The van der Waals surface area contributed by atoms with Crippen LogP contribution >= 0.6 is 23.2 Å². The predicted octanol–water partition coefficient (Wildman–Crippen LogP) is 3.32. The molecule has 0 aliphatic rings. The van der Waals surface area contributed by atoms with E-state index in [0.717, 1.165) is 5.69 Å². The first-order valence-corrected chi connectivity index (χ1v) is 7.03. The molecule has 1 aromatic heterocycles. The van der Waals surface area contributed by atoms with E-state index in [9.17, 15) is 10.2 Å². The molecule has 2 unspecified atom stereocenters. The van der Waals surface area contributed by atoms with Crippen LogP contribution in [0.1, 0.15) is 23.1 Å². The van der Waals surface area contributed by atoms with Gasteiger partial charge in [-0.05, 0) is 32.0 Å². The van der Waals surface area contributed by atoms with Crippen molar-refractivity contribution < 1.29 is 10.2 Å². The van der Waals surface area contributed by atoms with E-state index in [1.165, 1.54) is 0 Å². The van der Waals surface area contributed by atoms with Crippen molar-refractivity contribution in [2.24, 2.45) is 0 Å². The highest BCUT2D eigenvalue weighted by Crippen LogP contribution is 2.33. The molecule has 2 rings (SSSR count). The summed E-state index contributed by atoms with van der Waals surface area (Å²) in [6, 6.07) is 8.63. The molecule has 0 aliphatic heterocycles. The summed E-state index contributed by atoms with van der Waals surface area (Å²) < 4.78 is 1.83. The third kappa shape index (κ3) is 2.78. The molecule has 6 heteroatoms. The third-order valence-corrected chi connectivity index (χ3v) is 4.20. The molecule has 4 nitrogen and oxygen atoms in total. The largest absolute Gasteiger partial charge is 0.384 e. The standard InChI is InChI=1S/C15H14Cl2N2O2/c1-8-6-10(15(21)13(20)7-18)9(2)19(8)12-5-3-4-11(16)14(12)17/h3-6,13,15,20-21H,1-2H3. The van der Waals surface area contributed by atoms with Crippen molar-refractivity contribution >= 4 is 23.2 Å². The van der Waals surface area contributed by atoms with Crippen LogP contribution in [0.3, 0.4) is 0 Å². The van der Waals surface area contributed by atoms with Gasteiger partial charge in [0.2, 0.25) is 0 Å². The quantitative estimate of drug-likeness (QED) is 0.851. The maximum absolute atomic E-state index is 10.0. The van der Waals surface area contributed by atoms with Crippen LogP contribution < -0.4 is 0 Å². The molecule has 1 aromatic carbocycles. The first kappa shape index (κ1) is 15.9. The van der Waals surface area contributed by atoms with E-state index >= 15 is 0 Å². The van der Waals surface area contributed by atoms with Gasteiger partial charge in [-0.15, -0.1) is 0 Å². The smallest absolute Gasteiger partial charge is 0.170 e. The number of rotatable bonds is 3. The second-order valence-electron chi connectivity index (χ2n) is 4.75. The van der Waals surface area contributed by atoms with Crippen molar-refractivity contribution in [2.75, 3.05) is 0 Å². The first-order chi connectivity index (χ1) is 9.88. The fourth-order valence-electron chi connectivity index (χ4n) is 2.36. The number of aromatic nitrogens is 1. The molecule has 0 fully saturated rings. The van der Waals surface area contributed by atoms with Crippen molar-refractivity contribution in [1.29, 1.82) is 5.26 Å². The van der Waals surface area contributed by atoms with E-state index < -0.39 is 12.2 Å². The zero-order valence-electron chi connectivity index (χ0n) is 11.5. The highest BCUT2D eigenvalue weighted by atomic mass is 35.5. The van der Waals surface area contributed by atoms with Crippen molar-refractivity contribution in [3.63, 3.8) is 0 Å². The Morgan fingerprint density at radius 3 is 2.52 bits per heavy atom. The Hall–Kier alpha value is -1.51. The molecule has 0 aliphatic carbocycles. The number of aliphatic hydroxyl groups excluding tert-OH is 2. The lowest BCUT2D eigenvalue weighted by atomic mass is 10.1. The van der Waals surface area contributed by atoms with Gasteiger partial charge in [0.25, 0.3) is 0 Å². The summed E-state index contributed by atoms with van der Waals surface area (Å²) in [6.45, 7) is 3.63. The number of nitriles is 1. The Morgan fingerprint density at radius 2 is 1.90 bits per heavy atom. The van der Waals surface area contributed by atoms with Gasteiger partial charge in [-0.3, -0.25) is 0 Å². The summed E-state index contributed by atoms with van der Waals surface area (Å²) in [5.74, 6) is 0. The summed E-state index contributed by atoms with van der Waals surface area (Å²) in [6.07, 6.45) is -2.75. The second kappa shape index (κ2) is 6.08. The molecular formula is C15H14Cl2N2O2. The molecule has 2 aromatic rings. The van der Waals surface area contributed by atoms with Crippen LogP contribution in [0.4, 0.5) is 0 Å². The summed E-state index contributed by atoms with van der Waals surface area (Å²) >= 11 is 12.3. The predicted molar refractivity (Wildman–Crippen MR) is 81.8 cm³/mol. The summed E-state index contributed by atoms with van der Waals surface area (Å²) in [4.78, 5) is 0.